The molecule has 128 valence electrons. The molecular formula is C17H21N3O4. The van der Waals surface area contributed by atoms with Crippen LogP contribution in [0, 0.1) is 0 Å². The van der Waals surface area contributed by atoms with Gasteiger partial charge in [-0.15, -0.1) is 0 Å². The molecule has 0 spiro atoms. The summed E-state index contributed by atoms with van der Waals surface area (Å²) in [6, 6.07) is 9.71. The van der Waals surface area contributed by atoms with Gasteiger partial charge in [0.2, 0.25) is 5.91 Å². The van der Waals surface area contributed by atoms with Crippen molar-refractivity contribution in [1.82, 2.24) is 9.78 Å². The van der Waals surface area contributed by atoms with Crippen LogP contribution in [0.25, 0.3) is 0 Å². The number of aliphatic carboxylic acids is 1. The number of carbonyl (C=O) groups is 2. The van der Waals surface area contributed by atoms with Gasteiger partial charge in [-0.2, -0.15) is 5.10 Å². The molecule has 0 fully saturated rings. The first kappa shape index (κ1) is 17.7. The minimum atomic E-state index is -1.18. The van der Waals surface area contributed by atoms with E-state index in [1.807, 2.05) is 30.3 Å². The van der Waals surface area contributed by atoms with Crippen LogP contribution >= 0.6 is 0 Å². The van der Waals surface area contributed by atoms with Gasteiger partial charge in [0.05, 0.1) is 31.5 Å². The molecule has 1 aromatic heterocycles. The van der Waals surface area contributed by atoms with E-state index in [2.05, 4.69) is 10.4 Å². The zero-order valence-electron chi connectivity index (χ0n) is 13.7. The van der Waals surface area contributed by atoms with E-state index in [9.17, 15) is 9.59 Å². The predicted octanol–water partition coefficient (Wildman–Crippen LogP) is 2.25. The summed E-state index contributed by atoms with van der Waals surface area (Å²) >= 11 is 0. The number of anilines is 1. The second-order valence-corrected chi connectivity index (χ2v) is 5.87. The molecule has 0 radical (unpaired) electrons. The second-order valence-electron chi connectivity index (χ2n) is 5.87. The Balaban J connectivity index is 1.77. The van der Waals surface area contributed by atoms with E-state index in [-0.39, 0.29) is 12.3 Å². The van der Waals surface area contributed by atoms with E-state index < -0.39 is 11.5 Å². The van der Waals surface area contributed by atoms with Crippen molar-refractivity contribution in [1.29, 1.82) is 0 Å². The Bertz CT molecular complexity index is 695. The van der Waals surface area contributed by atoms with Gasteiger partial charge in [0.25, 0.3) is 0 Å². The monoisotopic (exact) mass is 331 g/mol. The van der Waals surface area contributed by atoms with Crippen molar-refractivity contribution in [2.45, 2.75) is 32.4 Å². The lowest BCUT2D eigenvalue weighted by Gasteiger charge is -2.19. The normalized spacial score (nSPS) is 11.2. The maximum Gasteiger partial charge on any atom is 0.331 e. The molecule has 1 amide bonds. The number of hydrogen-bond acceptors (Lipinski definition) is 4. The highest BCUT2D eigenvalue weighted by atomic mass is 16.5. The fraction of sp³-hybridized carbons (Fsp3) is 0.353. The second kappa shape index (κ2) is 7.74. The Morgan fingerprint density at radius 3 is 2.67 bits per heavy atom. The summed E-state index contributed by atoms with van der Waals surface area (Å²) < 4.78 is 6.76. The standard InChI is InChI=1S/C17H21N3O4/c1-17(2,16(22)23)20-11-14(10-18-20)19-15(21)8-9-24-12-13-6-4-3-5-7-13/h3-7,10-11H,8-9,12H2,1-2H3,(H,19,21)(H,22,23). The number of rotatable bonds is 8. The molecule has 24 heavy (non-hydrogen) atoms. The third-order valence-corrected chi connectivity index (χ3v) is 3.55. The molecule has 0 unspecified atom stereocenters. The van der Waals surface area contributed by atoms with Crippen LogP contribution in [0.2, 0.25) is 0 Å². The van der Waals surface area contributed by atoms with Gasteiger partial charge in [0.15, 0.2) is 5.54 Å². The van der Waals surface area contributed by atoms with Crippen molar-refractivity contribution in [3.8, 4) is 0 Å². The number of ether oxygens (including phenoxy) is 1. The summed E-state index contributed by atoms with van der Waals surface area (Å²) in [5.74, 6) is -1.21. The van der Waals surface area contributed by atoms with E-state index in [1.54, 1.807) is 0 Å². The van der Waals surface area contributed by atoms with Crippen molar-refractivity contribution in [3.05, 3.63) is 48.3 Å². The molecule has 2 rings (SSSR count). The quantitative estimate of drug-likeness (QED) is 0.724. The lowest BCUT2D eigenvalue weighted by Crippen LogP contribution is -2.35. The Morgan fingerprint density at radius 1 is 1.29 bits per heavy atom. The molecule has 0 aliphatic carbocycles. The highest BCUT2D eigenvalue weighted by Crippen LogP contribution is 2.17. The average Bonchev–Trinajstić information content (AvgIpc) is 3.01. The molecule has 1 aromatic carbocycles. The number of carboxylic acids is 1. The zero-order valence-corrected chi connectivity index (χ0v) is 13.7. The van der Waals surface area contributed by atoms with E-state index in [4.69, 9.17) is 9.84 Å². The highest BCUT2D eigenvalue weighted by molar-refractivity contribution is 5.90. The van der Waals surface area contributed by atoms with Crippen LogP contribution < -0.4 is 5.32 Å². The van der Waals surface area contributed by atoms with Crippen LogP contribution in [0.4, 0.5) is 5.69 Å². The number of nitrogens with one attached hydrogen (secondary N) is 1. The Labute approximate surface area is 140 Å². The van der Waals surface area contributed by atoms with Crippen LogP contribution in [0.5, 0.6) is 0 Å². The van der Waals surface area contributed by atoms with Crippen molar-refractivity contribution >= 4 is 17.6 Å². The molecule has 0 aliphatic rings. The van der Waals surface area contributed by atoms with E-state index in [1.165, 1.54) is 30.9 Å². The first-order chi connectivity index (χ1) is 11.4. The summed E-state index contributed by atoms with van der Waals surface area (Å²) in [7, 11) is 0. The lowest BCUT2D eigenvalue weighted by atomic mass is 10.1. The molecule has 0 saturated heterocycles. The first-order valence-electron chi connectivity index (χ1n) is 7.59. The van der Waals surface area contributed by atoms with E-state index >= 15 is 0 Å². The van der Waals surface area contributed by atoms with Crippen LogP contribution in [-0.4, -0.2) is 33.4 Å². The molecule has 2 aromatic rings. The number of benzene rings is 1. The van der Waals surface area contributed by atoms with E-state index in [0.29, 0.717) is 18.9 Å². The molecule has 1 heterocycles. The number of nitrogens with zero attached hydrogens (tertiary/aromatic N) is 2. The van der Waals surface area contributed by atoms with Gasteiger partial charge < -0.3 is 15.2 Å². The zero-order chi connectivity index (χ0) is 17.6. The molecule has 0 aliphatic heterocycles. The van der Waals surface area contributed by atoms with E-state index in [0.717, 1.165) is 5.56 Å². The summed E-state index contributed by atoms with van der Waals surface area (Å²) in [6.45, 7) is 3.82. The number of hydrogen-bond donors (Lipinski definition) is 2. The third-order valence-electron chi connectivity index (χ3n) is 3.55. The molecule has 0 bridgehead atoms. The van der Waals surface area contributed by atoms with Crippen LogP contribution in [0.1, 0.15) is 25.8 Å². The Morgan fingerprint density at radius 2 is 2.00 bits per heavy atom. The Hall–Kier alpha value is -2.67. The van der Waals surface area contributed by atoms with Gasteiger partial charge in [0, 0.05) is 6.20 Å². The van der Waals surface area contributed by atoms with Gasteiger partial charge in [0.1, 0.15) is 0 Å². The number of aromatic nitrogens is 2. The molecule has 7 heteroatoms. The lowest BCUT2D eigenvalue weighted by molar-refractivity contribution is -0.146. The van der Waals surface area contributed by atoms with Crippen molar-refractivity contribution in [3.63, 3.8) is 0 Å². The van der Waals surface area contributed by atoms with Crippen molar-refractivity contribution < 1.29 is 19.4 Å². The topological polar surface area (TPSA) is 93.5 Å². The van der Waals surface area contributed by atoms with Gasteiger partial charge >= 0.3 is 5.97 Å². The number of carbonyl (C=O) groups excluding carboxylic acids is 1. The smallest absolute Gasteiger partial charge is 0.331 e. The molecular weight excluding hydrogens is 310 g/mol. The minimum Gasteiger partial charge on any atom is -0.479 e. The summed E-state index contributed by atoms with van der Waals surface area (Å²) in [5, 5.41) is 15.8. The maximum absolute atomic E-state index is 11.9. The van der Waals surface area contributed by atoms with Gasteiger partial charge in [-0.05, 0) is 19.4 Å². The summed E-state index contributed by atoms with van der Waals surface area (Å²) in [6.07, 6.45) is 3.13. The van der Waals surface area contributed by atoms with Crippen LogP contribution in [-0.2, 0) is 26.5 Å². The molecule has 2 N–H and O–H groups in total. The minimum absolute atomic E-state index is 0.209. The third kappa shape index (κ3) is 4.66. The predicted molar refractivity (Wildman–Crippen MR) is 88.5 cm³/mol. The number of amides is 1. The molecule has 0 saturated carbocycles. The van der Waals surface area contributed by atoms with Gasteiger partial charge in [-0.1, -0.05) is 30.3 Å². The maximum atomic E-state index is 11.9. The van der Waals surface area contributed by atoms with Crippen LogP contribution in [0.15, 0.2) is 42.7 Å². The fourth-order valence-corrected chi connectivity index (χ4v) is 1.94. The first-order valence-corrected chi connectivity index (χ1v) is 7.59. The molecule has 0 atom stereocenters. The van der Waals surface area contributed by atoms with Crippen LogP contribution in [0.3, 0.4) is 0 Å². The Kier molecular flexibility index (Phi) is 5.70. The molecule has 7 nitrogen and oxygen atoms in total. The average molecular weight is 331 g/mol. The van der Waals surface area contributed by atoms with Gasteiger partial charge in [-0.25, -0.2) is 4.79 Å². The summed E-state index contributed by atoms with van der Waals surface area (Å²) in [5.41, 5.74) is 0.328. The summed E-state index contributed by atoms with van der Waals surface area (Å²) in [4.78, 5) is 23.1. The van der Waals surface area contributed by atoms with Crippen molar-refractivity contribution in [2.75, 3.05) is 11.9 Å². The van der Waals surface area contributed by atoms with Gasteiger partial charge in [-0.3, -0.25) is 9.48 Å². The highest BCUT2D eigenvalue weighted by Gasteiger charge is 2.30. The number of carboxylic acid groups (broad SMARTS) is 1. The largest absolute Gasteiger partial charge is 0.479 e. The SMILES string of the molecule is CC(C)(C(=O)O)n1cc(NC(=O)CCOCc2ccccc2)cn1. The van der Waals surface area contributed by atoms with Crippen molar-refractivity contribution in [2.24, 2.45) is 0 Å². The fourth-order valence-electron chi connectivity index (χ4n) is 1.94.